The summed E-state index contributed by atoms with van der Waals surface area (Å²) in [7, 11) is 0. The lowest BCUT2D eigenvalue weighted by atomic mass is 9.97. The Balaban J connectivity index is 5.07. The molecule has 13 heteroatoms. The fourth-order valence-electron chi connectivity index (χ4n) is 2.06. The quantitative estimate of drug-likeness (QED) is 0.187. The van der Waals surface area contributed by atoms with Crippen LogP contribution in [0.3, 0.4) is 0 Å². The number of ketones is 1. The van der Waals surface area contributed by atoms with Crippen LogP contribution in [0, 0.1) is 5.92 Å². The molecule has 0 heterocycles. The van der Waals surface area contributed by atoms with Crippen LogP contribution < -0.4 is 0 Å². The maximum Gasteiger partial charge on any atom is 0.371 e. The Hall–Kier alpha value is -2.28. The van der Waals surface area contributed by atoms with Crippen molar-refractivity contribution in [2.75, 3.05) is 19.3 Å². The summed E-state index contributed by atoms with van der Waals surface area (Å²) < 4.78 is 23.0. The Morgan fingerprint density at radius 2 is 1.23 bits per heavy atom. The van der Waals surface area contributed by atoms with Crippen LogP contribution in [0.15, 0.2) is 0 Å². The molecule has 200 valence electrons. The van der Waals surface area contributed by atoms with Gasteiger partial charge in [0.2, 0.25) is 13.6 Å². The zero-order valence-electron chi connectivity index (χ0n) is 21.1. The molecule has 0 rings (SSSR count). The maximum absolute atomic E-state index is 12.9. The fourth-order valence-corrected chi connectivity index (χ4v) is 3.50. The van der Waals surface area contributed by atoms with Crippen molar-refractivity contribution < 1.29 is 52.5 Å². The third-order valence-electron chi connectivity index (χ3n) is 3.96. The van der Waals surface area contributed by atoms with E-state index in [2.05, 4.69) is 9.47 Å². The van der Waals surface area contributed by atoms with Crippen molar-refractivity contribution in [2.24, 2.45) is 5.92 Å². The molecule has 0 aliphatic rings. The number of thioether (sulfide) groups is 2. The van der Waals surface area contributed by atoms with Crippen LogP contribution in [0.1, 0.15) is 67.7 Å². The van der Waals surface area contributed by atoms with Gasteiger partial charge in [-0.3, -0.25) is 19.2 Å². The molecule has 0 N–H and O–H groups in total. The van der Waals surface area contributed by atoms with E-state index in [1.54, 1.807) is 34.6 Å². The molecule has 0 unspecified atom stereocenters. The number of carbonyl (C=O) groups excluding carboxylic acids is 6. The van der Waals surface area contributed by atoms with E-state index in [1.165, 1.54) is 13.8 Å². The number of hydrogen-bond donors (Lipinski definition) is 0. The van der Waals surface area contributed by atoms with Crippen molar-refractivity contribution in [1.29, 1.82) is 0 Å². The monoisotopic (exact) mass is 538 g/mol. The SMILES string of the molecule is CCC(=O)OCOC(=O)SC[C@H](CC(=O)C(C)(C)SC(=O)OCOC(=O)CC)C(=O)OC(C)(C)C. The van der Waals surface area contributed by atoms with Gasteiger partial charge >= 0.3 is 28.5 Å². The number of ether oxygens (including phenoxy) is 5. The fraction of sp³-hybridized carbons (Fsp3) is 0.727. The number of carbonyl (C=O) groups is 6. The molecule has 35 heavy (non-hydrogen) atoms. The molecule has 0 aliphatic heterocycles. The Labute approximate surface area is 213 Å². The van der Waals surface area contributed by atoms with Crippen molar-refractivity contribution in [2.45, 2.75) is 78.1 Å². The van der Waals surface area contributed by atoms with E-state index in [0.29, 0.717) is 23.5 Å². The predicted molar refractivity (Wildman–Crippen MR) is 129 cm³/mol. The molecule has 0 amide bonds. The van der Waals surface area contributed by atoms with E-state index in [-0.39, 0.29) is 25.0 Å². The average molecular weight is 539 g/mol. The van der Waals surface area contributed by atoms with Crippen LogP contribution in [-0.2, 0) is 42.9 Å². The van der Waals surface area contributed by atoms with Crippen molar-refractivity contribution in [1.82, 2.24) is 0 Å². The summed E-state index contributed by atoms with van der Waals surface area (Å²) in [6.45, 7) is 9.98. The Morgan fingerprint density at radius 3 is 1.69 bits per heavy atom. The molecule has 0 aromatic rings. The molecular formula is C22H34O11S2. The van der Waals surface area contributed by atoms with Gasteiger partial charge in [-0.15, -0.1) is 0 Å². The van der Waals surface area contributed by atoms with E-state index < -0.39 is 64.1 Å². The Bertz CT molecular complexity index is 772. The number of esters is 3. The first-order valence-electron chi connectivity index (χ1n) is 10.8. The van der Waals surface area contributed by atoms with E-state index in [9.17, 15) is 28.8 Å². The van der Waals surface area contributed by atoms with E-state index in [0.717, 1.165) is 0 Å². The molecular weight excluding hydrogens is 504 g/mol. The summed E-state index contributed by atoms with van der Waals surface area (Å²) >= 11 is 1.20. The zero-order chi connectivity index (χ0) is 27.2. The van der Waals surface area contributed by atoms with Crippen molar-refractivity contribution in [3.8, 4) is 0 Å². The maximum atomic E-state index is 12.9. The van der Waals surface area contributed by atoms with Crippen LogP contribution in [0.4, 0.5) is 9.59 Å². The lowest BCUT2D eigenvalue weighted by Gasteiger charge is -2.26. The van der Waals surface area contributed by atoms with Crippen molar-refractivity contribution in [3.05, 3.63) is 0 Å². The molecule has 0 aliphatic carbocycles. The highest BCUT2D eigenvalue weighted by Gasteiger charge is 2.37. The van der Waals surface area contributed by atoms with E-state index in [4.69, 9.17) is 14.2 Å². The first-order chi connectivity index (χ1) is 16.1. The number of hydrogen-bond acceptors (Lipinski definition) is 13. The van der Waals surface area contributed by atoms with E-state index >= 15 is 0 Å². The smallest absolute Gasteiger partial charge is 0.371 e. The first-order valence-corrected chi connectivity index (χ1v) is 12.6. The summed E-state index contributed by atoms with van der Waals surface area (Å²) in [6, 6.07) is 0. The van der Waals surface area contributed by atoms with Gasteiger partial charge in [0.25, 0.3) is 0 Å². The highest BCUT2D eigenvalue weighted by atomic mass is 32.2. The molecule has 0 spiro atoms. The van der Waals surface area contributed by atoms with Gasteiger partial charge < -0.3 is 23.7 Å². The third kappa shape index (κ3) is 15.4. The van der Waals surface area contributed by atoms with Crippen molar-refractivity contribution >= 4 is 57.8 Å². The largest absolute Gasteiger partial charge is 0.460 e. The number of rotatable bonds is 13. The molecule has 0 saturated heterocycles. The second-order valence-electron chi connectivity index (χ2n) is 8.55. The first kappa shape index (κ1) is 32.7. The minimum Gasteiger partial charge on any atom is -0.460 e. The van der Waals surface area contributed by atoms with Gasteiger partial charge in [-0.25, -0.2) is 9.59 Å². The van der Waals surface area contributed by atoms with Crippen LogP contribution >= 0.6 is 23.5 Å². The summed E-state index contributed by atoms with van der Waals surface area (Å²) in [5.74, 6) is -3.40. The van der Waals surface area contributed by atoms with E-state index in [1.807, 2.05) is 0 Å². The van der Waals surface area contributed by atoms with Gasteiger partial charge in [0.1, 0.15) is 11.4 Å². The average Bonchev–Trinajstić information content (AvgIpc) is 2.74. The highest BCUT2D eigenvalue weighted by Crippen LogP contribution is 2.31. The van der Waals surface area contributed by atoms with Gasteiger partial charge in [-0.2, -0.15) is 0 Å². The normalized spacial score (nSPS) is 12.2. The topological polar surface area (TPSA) is 149 Å². The third-order valence-corrected chi connectivity index (χ3v) is 5.90. The molecule has 0 fully saturated rings. The summed E-state index contributed by atoms with van der Waals surface area (Å²) in [6.07, 6.45) is -0.0764. The highest BCUT2D eigenvalue weighted by molar-refractivity contribution is 8.15. The van der Waals surface area contributed by atoms with Crippen LogP contribution in [0.25, 0.3) is 0 Å². The summed E-state index contributed by atoms with van der Waals surface area (Å²) in [4.78, 5) is 71.8. The van der Waals surface area contributed by atoms with Crippen LogP contribution in [0.2, 0.25) is 0 Å². The molecule has 1 atom stereocenters. The molecule has 0 radical (unpaired) electrons. The summed E-state index contributed by atoms with van der Waals surface area (Å²) in [5.41, 5.74) is -0.831. The Morgan fingerprint density at radius 1 is 0.743 bits per heavy atom. The van der Waals surface area contributed by atoms with Crippen LogP contribution in [0.5, 0.6) is 0 Å². The second-order valence-corrected chi connectivity index (χ2v) is 11.1. The van der Waals surface area contributed by atoms with Crippen LogP contribution in [-0.4, -0.2) is 64.0 Å². The van der Waals surface area contributed by atoms with Gasteiger partial charge in [-0.05, 0) is 58.1 Å². The minimum atomic E-state index is -1.29. The van der Waals surface area contributed by atoms with Gasteiger partial charge in [0, 0.05) is 25.0 Å². The molecule has 0 saturated carbocycles. The lowest BCUT2D eigenvalue weighted by molar-refractivity contribution is -0.160. The molecule has 11 nitrogen and oxygen atoms in total. The zero-order valence-corrected chi connectivity index (χ0v) is 22.8. The molecule has 0 bridgehead atoms. The number of Topliss-reactive ketones (excluding diaryl/α,β-unsaturated/α-hetero) is 1. The predicted octanol–water partition coefficient (Wildman–Crippen LogP) is 4.24. The standard InChI is InChI=1S/C22H34O11S2/c1-8-16(24)29-12-31-19(27)34-11-14(18(26)33-21(3,4)5)10-15(23)22(6,7)35-20(28)32-13-30-17(25)9-2/h14H,8-13H2,1-7H3/t14-/m0/s1. The minimum absolute atomic E-state index is 0.121. The van der Waals surface area contributed by atoms with Gasteiger partial charge in [0.15, 0.2) is 0 Å². The summed E-state index contributed by atoms with van der Waals surface area (Å²) in [5, 5.41) is -1.63. The van der Waals surface area contributed by atoms with Crippen molar-refractivity contribution in [3.63, 3.8) is 0 Å². The Kier molecular flexibility index (Phi) is 14.6. The molecule has 0 aromatic heterocycles. The van der Waals surface area contributed by atoms with Gasteiger partial charge in [0.05, 0.1) is 10.7 Å². The molecule has 0 aromatic carbocycles. The van der Waals surface area contributed by atoms with Gasteiger partial charge in [-0.1, -0.05) is 13.8 Å². The second kappa shape index (κ2) is 15.7. The lowest BCUT2D eigenvalue weighted by Crippen LogP contribution is -2.36.